The molecule has 0 radical (unpaired) electrons. The van der Waals surface area contributed by atoms with Crippen molar-refractivity contribution in [2.75, 3.05) is 5.32 Å². The van der Waals surface area contributed by atoms with Crippen LogP contribution in [0.3, 0.4) is 0 Å². The number of aryl methyl sites for hydroxylation is 2. The summed E-state index contributed by atoms with van der Waals surface area (Å²) in [4.78, 5) is 11.7. The number of nitrogens with one attached hydrogen (secondary N) is 2. The van der Waals surface area contributed by atoms with Crippen molar-refractivity contribution in [2.45, 2.75) is 20.3 Å². The van der Waals surface area contributed by atoms with Gasteiger partial charge in [-0.1, -0.05) is 17.3 Å². The van der Waals surface area contributed by atoms with Crippen molar-refractivity contribution in [3.63, 3.8) is 0 Å². The number of hydrogen-bond acceptors (Lipinski definition) is 4. The van der Waals surface area contributed by atoms with Gasteiger partial charge in [-0.15, -0.1) is 10.2 Å². The third-order valence-corrected chi connectivity index (χ3v) is 2.38. The molecular formula is C11H13N5O. The first-order chi connectivity index (χ1) is 8.15. The van der Waals surface area contributed by atoms with E-state index in [4.69, 9.17) is 0 Å². The highest BCUT2D eigenvalue weighted by Crippen LogP contribution is 2.16. The molecule has 0 bridgehead atoms. The van der Waals surface area contributed by atoms with E-state index in [1.807, 2.05) is 32.0 Å². The van der Waals surface area contributed by atoms with Gasteiger partial charge in [-0.3, -0.25) is 4.79 Å². The maximum Gasteiger partial charge on any atom is 0.232 e. The lowest BCUT2D eigenvalue weighted by molar-refractivity contribution is -0.115. The van der Waals surface area contributed by atoms with Gasteiger partial charge < -0.3 is 5.32 Å². The number of benzene rings is 1. The minimum Gasteiger partial charge on any atom is -0.325 e. The zero-order valence-corrected chi connectivity index (χ0v) is 9.69. The number of carbonyl (C=O) groups is 1. The Labute approximate surface area is 98.4 Å². The van der Waals surface area contributed by atoms with Crippen LogP contribution in [-0.4, -0.2) is 26.5 Å². The number of H-pyrrole nitrogens is 1. The second-order valence-corrected chi connectivity index (χ2v) is 3.87. The Kier molecular flexibility index (Phi) is 3.13. The van der Waals surface area contributed by atoms with Gasteiger partial charge in [0.25, 0.3) is 0 Å². The molecule has 0 fully saturated rings. The number of aromatic amines is 1. The Morgan fingerprint density at radius 3 is 2.94 bits per heavy atom. The lowest BCUT2D eigenvalue weighted by atomic mass is 10.1. The first kappa shape index (κ1) is 11.3. The molecule has 0 aliphatic rings. The Morgan fingerprint density at radius 1 is 1.41 bits per heavy atom. The van der Waals surface area contributed by atoms with E-state index in [0.717, 1.165) is 16.8 Å². The van der Waals surface area contributed by atoms with E-state index in [2.05, 4.69) is 25.9 Å². The largest absolute Gasteiger partial charge is 0.325 e. The average Bonchev–Trinajstić information content (AvgIpc) is 2.76. The molecule has 88 valence electrons. The molecule has 0 aliphatic heterocycles. The van der Waals surface area contributed by atoms with E-state index >= 15 is 0 Å². The van der Waals surface area contributed by atoms with Gasteiger partial charge in [-0.2, -0.15) is 5.21 Å². The summed E-state index contributed by atoms with van der Waals surface area (Å²) in [5, 5.41) is 16.0. The summed E-state index contributed by atoms with van der Waals surface area (Å²) in [6, 6.07) is 5.91. The van der Waals surface area contributed by atoms with E-state index in [9.17, 15) is 4.79 Å². The third-order valence-electron chi connectivity index (χ3n) is 2.38. The monoisotopic (exact) mass is 231 g/mol. The highest BCUT2D eigenvalue weighted by Gasteiger charge is 2.08. The second-order valence-electron chi connectivity index (χ2n) is 3.87. The van der Waals surface area contributed by atoms with E-state index in [-0.39, 0.29) is 12.3 Å². The third kappa shape index (κ3) is 2.87. The normalized spacial score (nSPS) is 10.2. The number of anilines is 1. The molecule has 0 unspecified atom stereocenters. The van der Waals surface area contributed by atoms with E-state index < -0.39 is 0 Å². The van der Waals surface area contributed by atoms with Crippen LogP contribution >= 0.6 is 0 Å². The number of rotatable bonds is 3. The van der Waals surface area contributed by atoms with Crippen molar-refractivity contribution in [3.05, 3.63) is 35.2 Å². The van der Waals surface area contributed by atoms with Crippen LogP contribution in [0.2, 0.25) is 0 Å². The Morgan fingerprint density at radius 2 is 2.24 bits per heavy atom. The average molecular weight is 231 g/mol. The molecule has 0 saturated heterocycles. The summed E-state index contributed by atoms with van der Waals surface area (Å²) in [5.41, 5.74) is 2.95. The minimum atomic E-state index is -0.153. The number of aromatic nitrogens is 4. The molecule has 2 aromatic rings. The lowest BCUT2D eigenvalue weighted by Crippen LogP contribution is -2.16. The van der Waals surface area contributed by atoms with Gasteiger partial charge in [0.05, 0.1) is 6.42 Å². The second kappa shape index (κ2) is 4.73. The van der Waals surface area contributed by atoms with E-state index in [1.54, 1.807) is 0 Å². The molecule has 2 rings (SSSR count). The summed E-state index contributed by atoms with van der Waals surface area (Å²) < 4.78 is 0. The van der Waals surface area contributed by atoms with E-state index in [1.165, 1.54) is 0 Å². The maximum absolute atomic E-state index is 11.7. The molecule has 17 heavy (non-hydrogen) atoms. The van der Waals surface area contributed by atoms with Crippen molar-refractivity contribution < 1.29 is 4.79 Å². The number of carbonyl (C=O) groups excluding carboxylic acids is 1. The molecule has 0 aliphatic carbocycles. The summed E-state index contributed by atoms with van der Waals surface area (Å²) >= 11 is 0. The van der Waals surface area contributed by atoms with Crippen LogP contribution < -0.4 is 5.32 Å². The van der Waals surface area contributed by atoms with Crippen LogP contribution in [0.5, 0.6) is 0 Å². The maximum atomic E-state index is 11.7. The lowest BCUT2D eigenvalue weighted by Gasteiger charge is -2.08. The van der Waals surface area contributed by atoms with E-state index in [0.29, 0.717) is 5.82 Å². The van der Waals surface area contributed by atoms with Crippen molar-refractivity contribution in [1.29, 1.82) is 0 Å². The number of tetrazole rings is 1. The van der Waals surface area contributed by atoms with Crippen molar-refractivity contribution >= 4 is 11.6 Å². The summed E-state index contributed by atoms with van der Waals surface area (Å²) in [6.07, 6.45) is 0.115. The SMILES string of the molecule is Cc1ccc(C)c(NC(=O)Cc2nn[nH]n2)c1. The van der Waals surface area contributed by atoms with Crippen LogP contribution in [0.1, 0.15) is 17.0 Å². The molecule has 2 N–H and O–H groups in total. The fraction of sp³-hybridized carbons (Fsp3) is 0.273. The van der Waals surface area contributed by atoms with Crippen LogP contribution in [0.4, 0.5) is 5.69 Å². The number of nitrogens with zero attached hydrogens (tertiary/aromatic N) is 3. The molecular weight excluding hydrogens is 218 g/mol. The molecule has 1 amide bonds. The smallest absolute Gasteiger partial charge is 0.232 e. The molecule has 0 saturated carbocycles. The number of amides is 1. The molecule has 1 heterocycles. The Balaban J connectivity index is 2.05. The van der Waals surface area contributed by atoms with Gasteiger partial charge in [0, 0.05) is 5.69 Å². The van der Waals surface area contributed by atoms with Crippen LogP contribution in [0, 0.1) is 13.8 Å². The Hall–Kier alpha value is -2.24. The molecule has 0 spiro atoms. The fourth-order valence-corrected chi connectivity index (χ4v) is 1.47. The van der Waals surface area contributed by atoms with Crippen molar-refractivity contribution in [1.82, 2.24) is 20.6 Å². The zero-order valence-electron chi connectivity index (χ0n) is 9.69. The topological polar surface area (TPSA) is 83.6 Å². The van der Waals surface area contributed by atoms with Gasteiger partial charge in [0.15, 0.2) is 5.82 Å². The molecule has 1 aromatic carbocycles. The van der Waals surface area contributed by atoms with Gasteiger partial charge >= 0.3 is 0 Å². The first-order valence-electron chi connectivity index (χ1n) is 5.24. The number of hydrogen-bond donors (Lipinski definition) is 2. The van der Waals surface area contributed by atoms with Crippen LogP contribution in [-0.2, 0) is 11.2 Å². The predicted octanol–water partition coefficient (Wildman–Crippen LogP) is 0.998. The summed E-state index contributed by atoms with van der Waals surface area (Å²) in [6.45, 7) is 3.93. The summed E-state index contributed by atoms with van der Waals surface area (Å²) in [5.74, 6) is 0.230. The standard InChI is InChI=1S/C11H13N5O/c1-7-3-4-8(2)9(5-7)12-11(17)6-10-13-15-16-14-10/h3-5H,6H2,1-2H3,(H,12,17)(H,13,14,15,16). The first-order valence-corrected chi connectivity index (χ1v) is 5.24. The fourth-order valence-electron chi connectivity index (χ4n) is 1.47. The van der Waals surface area contributed by atoms with Gasteiger partial charge in [-0.05, 0) is 31.0 Å². The molecule has 1 aromatic heterocycles. The predicted molar refractivity (Wildman–Crippen MR) is 62.4 cm³/mol. The van der Waals surface area contributed by atoms with Crippen LogP contribution in [0.25, 0.3) is 0 Å². The quantitative estimate of drug-likeness (QED) is 0.825. The highest BCUT2D eigenvalue weighted by atomic mass is 16.1. The zero-order chi connectivity index (χ0) is 12.3. The molecule has 6 heteroatoms. The van der Waals surface area contributed by atoms with Gasteiger partial charge in [0.1, 0.15) is 0 Å². The Bertz CT molecular complexity index is 521. The van der Waals surface area contributed by atoms with Crippen molar-refractivity contribution in [2.24, 2.45) is 0 Å². The highest BCUT2D eigenvalue weighted by molar-refractivity contribution is 5.92. The van der Waals surface area contributed by atoms with Gasteiger partial charge in [-0.25, -0.2) is 0 Å². The summed E-state index contributed by atoms with van der Waals surface area (Å²) in [7, 11) is 0. The van der Waals surface area contributed by atoms with Gasteiger partial charge in [0.2, 0.25) is 5.91 Å². The van der Waals surface area contributed by atoms with Crippen LogP contribution in [0.15, 0.2) is 18.2 Å². The molecule has 0 atom stereocenters. The minimum absolute atomic E-state index is 0.115. The molecule has 6 nitrogen and oxygen atoms in total. The van der Waals surface area contributed by atoms with Crippen molar-refractivity contribution in [3.8, 4) is 0 Å².